The molecule has 28 heavy (non-hydrogen) atoms. The van der Waals surface area contributed by atoms with Crippen molar-refractivity contribution >= 4 is 40.1 Å². The number of pyridine rings is 1. The maximum atomic E-state index is 12.6. The van der Waals surface area contributed by atoms with Gasteiger partial charge in [-0.05, 0) is 61.6 Å². The van der Waals surface area contributed by atoms with Gasteiger partial charge in [-0.2, -0.15) is 0 Å². The third-order valence-electron chi connectivity index (χ3n) is 4.92. The molecule has 1 amide bonds. The number of aromatic nitrogens is 1. The second-order valence-corrected chi connectivity index (χ2v) is 7.27. The van der Waals surface area contributed by atoms with Gasteiger partial charge in [-0.3, -0.25) is 4.79 Å². The van der Waals surface area contributed by atoms with E-state index >= 15 is 0 Å². The first-order chi connectivity index (χ1) is 13.5. The van der Waals surface area contributed by atoms with E-state index in [1.165, 1.54) is 17.2 Å². The number of halogens is 1. The number of ether oxygens (including phenoxy) is 1. The van der Waals surface area contributed by atoms with Crippen LogP contribution < -0.4 is 5.32 Å². The fourth-order valence-corrected chi connectivity index (χ4v) is 3.68. The molecule has 4 rings (SSSR count). The second-order valence-electron chi connectivity index (χ2n) is 6.88. The van der Waals surface area contributed by atoms with E-state index in [-0.39, 0.29) is 16.6 Å². The summed E-state index contributed by atoms with van der Waals surface area (Å²) in [6.45, 7) is 1.55. The molecule has 3 aromatic rings. The predicted octanol–water partition coefficient (Wildman–Crippen LogP) is 4.56. The molecule has 1 aliphatic carbocycles. The Balaban J connectivity index is 1.48. The highest BCUT2D eigenvalue weighted by molar-refractivity contribution is 6.30. The van der Waals surface area contributed by atoms with Crippen molar-refractivity contribution in [3.63, 3.8) is 0 Å². The van der Waals surface area contributed by atoms with Crippen LogP contribution in [-0.4, -0.2) is 23.0 Å². The van der Waals surface area contributed by atoms with E-state index < -0.39 is 12.1 Å². The number of rotatable bonds is 4. The van der Waals surface area contributed by atoms with Crippen LogP contribution in [0.1, 0.15) is 34.8 Å². The van der Waals surface area contributed by atoms with Gasteiger partial charge in [0.15, 0.2) is 6.10 Å². The molecule has 1 aliphatic rings. The molecule has 2 aromatic carbocycles. The van der Waals surface area contributed by atoms with Crippen molar-refractivity contribution in [1.29, 1.82) is 0 Å². The lowest BCUT2D eigenvalue weighted by Gasteiger charge is -2.15. The SMILES string of the molecule is C[C@H](OC(=O)c1cc(Cl)nc2ccccc12)C(=O)Nc1ccc2c(c1)CCC2. The first-order valence-electron chi connectivity index (χ1n) is 9.20. The lowest BCUT2D eigenvalue weighted by Crippen LogP contribution is -2.30. The number of fused-ring (bicyclic) bond motifs is 2. The van der Waals surface area contributed by atoms with Gasteiger partial charge >= 0.3 is 5.97 Å². The van der Waals surface area contributed by atoms with Crippen LogP contribution in [0.15, 0.2) is 48.5 Å². The minimum Gasteiger partial charge on any atom is -0.449 e. The average molecular weight is 395 g/mol. The molecule has 6 heteroatoms. The molecule has 0 saturated heterocycles. The highest BCUT2D eigenvalue weighted by atomic mass is 35.5. The Morgan fingerprint density at radius 2 is 1.89 bits per heavy atom. The van der Waals surface area contributed by atoms with Crippen LogP contribution in [0.4, 0.5) is 5.69 Å². The molecule has 1 heterocycles. The monoisotopic (exact) mass is 394 g/mol. The fourth-order valence-electron chi connectivity index (χ4n) is 3.48. The minimum absolute atomic E-state index is 0.195. The first kappa shape index (κ1) is 18.4. The third kappa shape index (κ3) is 3.71. The highest BCUT2D eigenvalue weighted by Crippen LogP contribution is 2.25. The summed E-state index contributed by atoms with van der Waals surface area (Å²) in [6, 6.07) is 14.5. The highest BCUT2D eigenvalue weighted by Gasteiger charge is 2.22. The Morgan fingerprint density at radius 1 is 1.11 bits per heavy atom. The molecule has 0 bridgehead atoms. The summed E-state index contributed by atoms with van der Waals surface area (Å²) in [5.41, 5.74) is 4.19. The lowest BCUT2D eigenvalue weighted by molar-refractivity contribution is -0.123. The number of para-hydroxylation sites is 1. The van der Waals surface area contributed by atoms with Crippen molar-refractivity contribution in [3.05, 3.63) is 70.4 Å². The van der Waals surface area contributed by atoms with Crippen molar-refractivity contribution in [2.75, 3.05) is 5.32 Å². The zero-order chi connectivity index (χ0) is 19.7. The average Bonchev–Trinajstić information content (AvgIpc) is 3.15. The van der Waals surface area contributed by atoms with Crippen LogP contribution in [0.25, 0.3) is 10.9 Å². The summed E-state index contributed by atoms with van der Waals surface area (Å²) < 4.78 is 5.39. The Morgan fingerprint density at radius 3 is 2.75 bits per heavy atom. The van der Waals surface area contributed by atoms with E-state index in [0.717, 1.165) is 19.3 Å². The standard InChI is InChI=1S/C22H19ClN2O3/c1-13(21(26)24-16-10-9-14-5-4-6-15(14)11-16)28-22(27)18-12-20(23)25-19-8-3-2-7-17(18)19/h2-3,7-13H,4-6H2,1H3,(H,24,26)/t13-/m0/s1. The molecular weight excluding hydrogens is 376 g/mol. The zero-order valence-corrected chi connectivity index (χ0v) is 16.1. The number of hydrogen-bond donors (Lipinski definition) is 1. The van der Waals surface area contributed by atoms with Gasteiger partial charge in [0.2, 0.25) is 0 Å². The molecule has 0 radical (unpaired) electrons. The summed E-state index contributed by atoms with van der Waals surface area (Å²) in [5.74, 6) is -0.993. The fraction of sp³-hybridized carbons (Fsp3) is 0.227. The summed E-state index contributed by atoms with van der Waals surface area (Å²) in [7, 11) is 0. The smallest absolute Gasteiger partial charge is 0.339 e. The molecule has 0 fully saturated rings. The van der Waals surface area contributed by atoms with Crippen LogP contribution in [0.5, 0.6) is 0 Å². The van der Waals surface area contributed by atoms with E-state index in [1.807, 2.05) is 24.3 Å². The largest absolute Gasteiger partial charge is 0.449 e. The van der Waals surface area contributed by atoms with Crippen LogP contribution in [-0.2, 0) is 22.4 Å². The maximum Gasteiger partial charge on any atom is 0.339 e. The maximum absolute atomic E-state index is 12.6. The van der Waals surface area contributed by atoms with Crippen molar-refractivity contribution in [2.45, 2.75) is 32.3 Å². The van der Waals surface area contributed by atoms with E-state index in [9.17, 15) is 9.59 Å². The Labute approximate surface area is 167 Å². The molecule has 0 spiro atoms. The van der Waals surface area contributed by atoms with Crippen molar-refractivity contribution in [1.82, 2.24) is 4.98 Å². The van der Waals surface area contributed by atoms with Gasteiger partial charge in [-0.15, -0.1) is 0 Å². The summed E-state index contributed by atoms with van der Waals surface area (Å²) in [4.78, 5) is 29.3. The van der Waals surface area contributed by atoms with E-state index in [4.69, 9.17) is 16.3 Å². The molecular formula is C22H19ClN2O3. The minimum atomic E-state index is -0.952. The van der Waals surface area contributed by atoms with E-state index in [0.29, 0.717) is 16.6 Å². The molecule has 0 unspecified atom stereocenters. The topological polar surface area (TPSA) is 68.3 Å². The molecule has 5 nitrogen and oxygen atoms in total. The number of anilines is 1. The van der Waals surface area contributed by atoms with Gasteiger partial charge in [0.25, 0.3) is 5.91 Å². The summed E-state index contributed by atoms with van der Waals surface area (Å²) in [5, 5.41) is 3.65. The van der Waals surface area contributed by atoms with Crippen LogP contribution in [0, 0.1) is 0 Å². The summed E-state index contributed by atoms with van der Waals surface area (Å²) in [6.07, 6.45) is 2.30. The zero-order valence-electron chi connectivity index (χ0n) is 15.4. The molecule has 0 aliphatic heterocycles. The van der Waals surface area contributed by atoms with Gasteiger partial charge in [-0.25, -0.2) is 9.78 Å². The number of nitrogens with one attached hydrogen (secondary N) is 1. The first-order valence-corrected chi connectivity index (χ1v) is 9.58. The van der Waals surface area contributed by atoms with Gasteiger partial charge in [0.05, 0.1) is 11.1 Å². The number of carbonyl (C=O) groups excluding carboxylic acids is 2. The Kier molecular flexibility index (Phi) is 5.01. The molecule has 1 aromatic heterocycles. The van der Waals surface area contributed by atoms with Crippen LogP contribution in [0.2, 0.25) is 5.15 Å². The van der Waals surface area contributed by atoms with E-state index in [2.05, 4.69) is 10.3 Å². The molecule has 0 saturated carbocycles. The van der Waals surface area contributed by atoms with Gasteiger partial charge in [0.1, 0.15) is 5.15 Å². The van der Waals surface area contributed by atoms with Crippen molar-refractivity contribution in [3.8, 4) is 0 Å². The second kappa shape index (κ2) is 7.60. The molecule has 1 N–H and O–H groups in total. The normalized spacial score (nSPS) is 13.8. The Bertz CT molecular complexity index is 1080. The quantitative estimate of drug-likeness (QED) is 0.520. The van der Waals surface area contributed by atoms with Crippen LogP contribution >= 0.6 is 11.6 Å². The van der Waals surface area contributed by atoms with Gasteiger partial charge < -0.3 is 10.1 Å². The van der Waals surface area contributed by atoms with Crippen LogP contribution in [0.3, 0.4) is 0 Å². The van der Waals surface area contributed by atoms with Crippen molar-refractivity contribution < 1.29 is 14.3 Å². The van der Waals surface area contributed by atoms with Crippen molar-refractivity contribution in [2.24, 2.45) is 0 Å². The molecule has 1 atom stereocenters. The van der Waals surface area contributed by atoms with E-state index in [1.54, 1.807) is 25.1 Å². The number of carbonyl (C=O) groups is 2. The number of amides is 1. The number of nitrogens with zero attached hydrogens (tertiary/aromatic N) is 1. The summed E-state index contributed by atoms with van der Waals surface area (Å²) >= 11 is 6.02. The van der Waals surface area contributed by atoms with Gasteiger partial charge in [-0.1, -0.05) is 35.9 Å². The third-order valence-corrected chi connectivity index (χ3v) is 5.12. The predicted molar refractivity (Wildman–Crippen MR) is 109 cm³/mol. The number of aryl methyl sites for hydroxylation is 2. The Hall–Kier alpha value is -2.92. The van der Waals surface area contributed by atoms with Gasteiger partial charge in [0, 0.05) is 11.1 Å². The molecule has 142 valence electrons. The number of hydrogen-bond acceptors (Lipinski definition) is 4. The lowest BCUT2D eigenvalue weighted by atomic mass is 10.1. The number of esters is 1. The number of benzene rings is 2.